The van der Waals surface area contributed by atoms with E-state index in [1.54, 1.807) is 12.4 Å². The monoisotopic (exact) mass is 418 g/mol. The number of nitrogens with one attached hydrogen (secondary N) is 2. The van der Waals surface area contributed by atoms with E-state index >= 15 is 0 Å². The van der Waals surface area contributed by atoms with Gasteiger partial charge in [0, 0.05) is 31.5 Å². The Morgan fingerprint density at radius 1 is 1.16 bits per heavy atom. The van der Waals surface area contributed by atoms with Gasteiger partial charge in [-0.1, -0.05) is 43.0 Å². The van der Waals surface area contributed by atoms with Crippen LogP contribution in [0.15, 0.2) is 85.1 Å². The number of likely N-dealkylation sites (tertiary alicyclic amines) is 1. The summed E-state index contributed by atoms with van der Waals surface area (Å²) >= 11 is 0. The van der Waals surface area contributed by atoms with Crippen LogP contribution in [0, 0.1) is 5.92 Å². The molecule has 4 rings (SSSR count). The zero-order chi connectivity index (χ0) is 21.5. The fourth-order valence-electron chi connectivity index (χ4n) is 4.33. The molecule has 1 aromatic carbocycles. The fourth-order valence-corrected chi connectivity index (χ4v) is 4.33. The molecule has 2 aromatic rings. The molecule has 2 aliphatic heterocycles. The number of hydrogen-bond acceptors (Lipinski definition) is 4. The number of halogens is 1. The Hall–Kier alpha value is -3.08. The maximum absolute atomic E-state index is 12.7. The summed E-state index contributed by atoms with van der Waals surface area (Å²) in [5.74, 6) is 1.65. The number of alkyl halides is 1. The molecule has 31 heavy (non-hydrogen) atoms. The van der Waals surface area contributed by atoms with Crippen molar-refractivity contribution in [1.29, 1.82) is 0 Å². The lowest BCUT2D eigenvalue weighted by Crippen LogP contribution is -2.35. The molecular formula is C26H31FN4. The van der Waals surface area contributed by atoms with E-state index in [1.165, 1.54) is 24.0 Å². The molecule has 1 aromatic heterocycles. The maximum Gasteiger partial charge on any atom is 0.116 e. The molecule has 1 saturated heterocycles. The van der Waals surface area contributed by atoms with Gasteiger partial charge in [0.1, 0.15) is 6.67 Å². The highest BCUT2D eigenvalue weighted by atomic mass is 19.1. The molecule has 162 valence electrons. The normalized spacial score (nSPS) is 18.9. The van der Waals surface area contributed by atoms with Gasteiger partial charge in [0.2, 0.25) is 0 Å². The number of anilines is 1. The van der Waals surface area contributed by atoms with Crippen molar-refractivity contribution in [3.05, 3.63) is 96.2 Å². The molecule has 2 aliphatic rings. The van der Waals surface area contributed by atoms with Crippen LogP contribution < -0.4 is 10.6 Å². The number of allylic oxidation sites excluding steroid dienone is 2. The first kappa shape index (κ1) is 21.2. The van der Waals surface area contributed by atoms with Crippen molar-refractivity contribution in [2.75, 3.05) is 25.1 Å². The first-order valence-corrected chi connectivity index (χ1v) is 11.1. The highest BCUT2D eigenvalue weighted by Gasteiger charge is 2.20. The summed E-state index contributed by atoms with van der Waals surface area (Å²) in [6, 6.07) is 13.1. The van der Waals surface area contributed by atoms with Crippen LogP contribution in [0.25, 0.3) is 0 Å². The van der Waals surface area contributed by atoms with Gasteiger partial charge in [-0.3, -0.25) is 4.98 Å². The van der Waals surface area contributed by atoms with Gasteiger partial charge in [-0.05, 0) is 60.4 Å². The number of nitrogens with zero attached hydrogens (tertiary/aromatic N) is 2. The summed E-state index contributed by atoms with van der Waals surface area (Å²) in [7, 11) is 0. The van der Waals surface area contributed by atoms with Crippen LogP contribution in [0.3, 0.4) is 0 Å². The molecule has 0 amide bonds. The number of rotatable bonds is 8. The van der Waals surface area contributed by atoms with Crippen LogP contribution >= 0.6 is 0 Å². The minimum Gasteiger partial charge on any atom is -0.384 e. The fraction of sp³-hybridized carbons (Fsp3) is 0.346. The van der Waals surface area contributed by atoms with Crippen LogP contribution in [-0.4, -0.2) is 35.7 Å². The van der Waals surface area contributed by atoms with Gasteiger partial charge < -0.3 is 15.5 Å². The van der Waals surface area contributed by atoms with Crippen LogP contribution in [0.5, 0.6) is 0 Å². The summed E-state index contributed by atoms with van der Waals surface area (Å²) in [5.41, 5.74) is 4.41. The number of aromatic nitrogens is 1. The van der Waals surface area contributed by atoms with E-state index in [4.69, 9.17) is 0 Å². The number of hydrogen-bond donors (Lipinski definition) is 2. The van der Waals surface area contributed by atoms with Gasteiger partial charge in [0.05, 0.1) is 17.7 Å². The van der Waals surface area contributed by atoms with E-state index in [1.807, 2.05) is 24.4 Å². The number of benzene rings is 1. The van der Waals surface area contributed by atoms with Crippen LogP contribution in [-0.2, 0) is 12.8 Å². The highest BCUT2D eigenvalue weighted by molar-refractivity contribution is 5.44. The lowest BCUT2D eigenvalue weighted by Gasteiger charge is -2.35. The standard InChI is InChI=1S/C26H31FN4/c1-20(30-26-6-3-11-28-19-26)31-12-9-21(10-13-31)14-22-4-2-5-23(15-22)16-25-8-7-24(17-27)18-29-25/h2-8,11,15,18-19,21,25,29-30H,1,9-10,12-14,16-17H2. The Kier molecular flexibility index (Phi) is 7.03. The first-order chi connectivity index (χ1) is 15.2. The van der Waals surface area contributed by atoms with Crippen molar-refractivity contribution < 1.29 is 4.39 Å². The molecule has 0 aliphatic carbocycles. The van der Waals surface area contributed by atoms with Crippen molar-refractivity contribution in [2.45, 2.75) is 31.7 Å². The molecule has 1 fully saturated rings. The molecule has 4 nitrogen and oxygen atoms in total. The van der Waals surface area contributed by atoms with Crippen molar-refractivity contribution in [3.63, 3.8) is 0 Å². The minimum absolute atomic E-state index is 0.229. The second-order valence-corrected chi connectivity index (χ2v) is 8.46. The van der Waals surface area contributed by atoms with E-state index in [9.17, 15) is 4.39 Å². The van der Waals surface area contributed by atoms with Crippen molar-refractivity contribution in [1.82, 2.24) is 15.2 Å². The maximum atomic E-state index is 12.7. The zero-order valence-corrected chi connectivity index (χ0v) is 17.9. The topological polar surface area (TPSA) is 40.2 Å². The lowest BCUT2D eigenvalue weighted by atomic mass is 9.89. The predicted molar refractivity (Wildman–Crippen MR) is 125 cm³/mol. The van der Waals surface area contributed by atoms with Crippen molar-refractivity contribution in [2.24, 2.45) is 5.92 Å². The Bertz CT molecular complexity index is 929. The molecule has 2 N–H and O–H groups in total. The van der Waals surface area contributed by atoms with Crippen molar-refractivity contribution >= 4 is 5.69 Å². The third-order valence-electron chi connectivity index (χ3n) is 6.10. The SMILES string of the molecule is C=C(Nc1cccnc1)N1CCC(Cc2cccc(CC3C=CC(CF)=CN3)c2)CC1. The number of piperidine rings is 1. The molecule has 3 heterocycles. The second kappa shape index (κ2) is 10.3. The van der Waals surface area contributed by atoms with Crippen molar-refractivity contribution in [3.8, 4) is 0 Å². The van der Waals surface area contributed by atoms with Gasteiger partial charge in [-0.2, -0.15) is 0 Å². The number of dihydropyridines is 1. The van der Waals surface area contributed by atoms with E-state index < -0.39 is 6.67 Å². The van der Waals surface area contributed by atoms with Gasteiger partial charge in [-0.25, -0.2) is 4.39 Å². The molecule has 1 unspecified atom stereocenters. The zero-order valence-electron chi connectivity index (χ0n) is 17.9. The lowest BCUT2D eigenvalue weighted by molar-refractivity contribution is 0.228. The summed E-state index contributed by atoms with van der Waals surface area (Å²) in [4.78, 5) is 6.48. The average molecular weight is 419 g/mol. The summed E-state index contributed by atoms with van der Waals surface area (Å²) in [6.45, 7) is 5.84. The largest absolute Gasteiger partial charge is 0.384 e. The average Bonchev–Trinajstić information content (AvgIpc) is 2.81. The molecule has 0 spiro atoms. The van der Waals surface area contributed by atoms with Crippen LogP contribution in [0.1, 0.15) is 24.0 Å². The van der Waals surface area contributed by atoms with Gasteiger partial charge in [0.15, 0.2) is 0 Å². The summed E-state index contributed by atoms with van der Waals surface area (Å²) < 4.78 is 12.7. The predicted octanol–water partition coefficient (Wildman–Crippen LogP) is 4.84. The van der Waals surface area contributed by atoms with Crippen LogP contribution in [0.2, 0.25) is 0 Å². The summed E-state index contributed by atoms with van der Waals surface area (Å²) in [6.07, 6.45) is 13.7. The minimum atomic E-state index is -0.419. The third kappa shape index (κ3) is 5.97. The van der Waals surface area contributed by atoms with Gasteiger partial charge in [-0.15, -0.1) is 0 Å². The third-order valence-corrected chi connectivity index (χ3v) is 6.10. The highest BCUT2D eigenvalue weighted by Crippen LogP contribution is 2.25. The molecule has 0 saturated carbocycles. The van der Waals surface area contributed by atoms with E-state index in [-0.39, 0.29) is 6.04 Å². The van der Waals surface area contributed by atoms with Gasteiger partial charge in [0.25, 0.3) is 0 Å². The Labute approximate surface area is 184 Å². The van der Waals surface area contributed by atoms with Crippen LogP contribution in [0.4, 0.5) is 10.1 Å². The molecule has 0 bridgehead atoms. The van der Waals surface area contributed by atoms with E-state index in [0.29, 0.717) is 11.5 Å². The molecular weight excluding hydrogens is 387 g/mol. The molecule has 1 atom stereocenters. The first-order valence-electron chi connectivity index (χ1n) is 11.1. The number of pyridine rings is 1. The Morgan fingerprint density at radius 2 is 1.97 bits per heavy atom. The smallest absolute Gasteiger partial charge is 0.116 e. The van der Waals surface area contributed by atoms with E-state index in [2.05, 4.69) is 57.4 Å². The second-order valence-electron chi connectivity index (χ2n) is 8.46. The Morgan fingerprint density at radius 3 is 2.65 bits per heavy atom. The van der Waals surface area contributed by atoms with E-state index in [0.717, 1.165) is 37.4 Å². The summed E-state index contributed by atoms with van der Waals surface area (Å²) in [5, 5.41) is 6.65. The molecule has 5 heteroatoms. The van der Waals surface area contributed by atoms with Gasteiger partial charge >= 0.3 is 0 Å². The molecule has 0 radical (unpaired) electrons. The Balaban J connectivity index is 1.25. The quantitative estimate of drug-likeness (QED) is 0.643.